The quantitative estimate of drug-likeness (QED) is 0.575. The maximum Gasteiger partial charge on any atom is 0.328 e. The van der Waals surface area contributed by atoms with Crippen molar-refractivity contribution in [2.24, 2.45) is 5.92 Å². The summed E-state index contributed by atoms with van der Waals surface area (Å²) in [4.78, 5) is 10.2. The summed E-state index contributed by atoms with van der Waals surface area (Å²) < 4.78 is 0. The third-order valence-electron chi connectivity index (χ3n) is 2.52. The molecule has 0 aliphatic rings. The van der Waals surface area contributed by atoms with E-state index < -0.39 is 5.97 Å². The van der Waals surface area contributed by atoms with Crippen LogP contribution in [0, 0.1) is 5.92 Å². The number of aliphatic carboxylic acids is 1. The Kier molecular flexibility index (Phi) is 6.15. The van der Waals surface area contributed by atoms with Gasteiger partial charge in [-0.25, -0.2) is 4.79 Å². The Morgan fingerprint density at radius 1 is 1.28 bits per heavy atom. The Morgan fingerprint density at radius 3 is 2.44 bits per heavy atom. The number of hydrogen-bond donors (Lipinski definition) is 2. The van der Waals surface area contributed by atoms with Crippen LogP contribution in [0.15, 0.2) is 36.4 Å². The molecule has 1 rings (SSSR count). The van der Waals surface area contributed by atoms with E-state index in [0.29, 0.717) is 12.5 Å². The van der Waals surface area contributed by atoms with Gasteiger partial charge in [0.25, 0.3) is 0 Å². The molecule has 0 aliphatic carbocycles. The van der Waals surface area contributed by atoms with Gasteiger partial charge in [0.15, 0.2) is 0 Å². The molecule has 0 heterocycles. The molecule has 0 atom stereocenters. The Hall–Kier alpha value is -1.61. The van der Waals surface area contributed by atoms with E-state index >= 15 is 0 Å². The molecular formula is C15H21NO2. The van der Waals surface area contributed by atoms with Crippen LogP contribution in [-0.4, -0.2) is 17.6 Å². The molecule has 0 amide bonds. The smallest absolute Gasteiger partial charge is 0.328 e. The summed E-state index contributed by atoms with van der Waals surface area (Å²) in [6.07, 6.45) is 3.86. The van der Waals surface area contributed by atoms with Crippen molar-refractivity contribution in [3.8, 4) is 0 Å². The minimum Gasteiger partial charge on any atom is -0.478 e. The molecule has 3 heteroatoms. The fourth-order valence-corrected chi connectivity index (χ4v) is 1.72. The van der Waals surface area contributed by atoms with E-state index in [4.69, 9.17) is 5.11 Å². The first-order valence-electron chi connectivity index (χ1n) is 6.26. The van der Waals surface area contributed by atoms with Gasteiger partial charge in [-0.1, -0.05) is 44.2 Å². The van der Waals surface area contributed by atoms with E-state index in [0.717, 1.165) is 19.0 Å². The Bertz CT molecular complexity index is 393. The number of carboxylic acids is 1. The summed E-state index contributed by atoms with van der Waals surface area (Å²) in [6, 6.07) is 8.55. The molecule has 2 N–H and O–H groups in total. The van der Waals surface area contributed by atoms with Crippen molar-refractivity contribution in [3.63, 3.8) is 0 Å². The number of benzene rings is 1. The van der Waals surface area contributed by atoms with Crippen molar-refractivity contribution in [1.29, 1.82) is 0 Å². The highest BCUT2D eigenvalue weighted by atomic mass is 16.4. The lowest BCUT2D eigenvalue weighted by Crippen LogP contribution is -2.13. The second-order valence-electron chi connectivity index (χ2n) is 4.79. The number of carbonyl (C=O) groups is 1. The molecule has 1 aromatic carbocycles. The zero-order valence-electron chi connectivity index (χ0n) is 11.0. The van der Waals surface area contributed by atoms with Gasteiger partial charge in [0.05, 0.1) is 0 Å². The van der Waals surface area contributed by atoms with Crippen molar-refractivity contribution in [2.75, 3.05) is 6.54 Å². The molecule has 0 unspecified atom stereocenters. The van der Waals surface area contributed by atoms with Gasteiger partial charge in [-0.05, 0) is 23.5 Å². The first-order valence-corrected chi connectivity index (χ1v) is 6.26. The van der Waals surface area contributed by atoms with Gasteiger partial charge in [0.1, 0.15) is 0 Å². The fraction of sp³-hybridized carbons (Fsp3) is 0.400. The summed E-state index contributed by atoms with van der Waals surface area (Å²) >= 11 is 0. The minimum atomic E-state index is -0.908. The largest absolute Gasteiger partial charge is 0.478 e. The number of hydrogen-bond acceptors (Lipinski definition) is 2. The predicted octanol–water partition coefficient (Wildman–Crippen LogP) is 2.62. The topological polar surface area (TPSA) is 49.3 Å². The van der Waals surface area contributed by atoms with Gasteiger partial charge in [-0.2, -0.15) is 0 Å². The molecule has 0 radical (unpaired) electrons. The molecule has 98 valence electrons. The van der Waals surface area contributed by atoms with Gasteiger partial charge >= 0.3 is 5.97 Å². The van der Waals surface area contributed by atoms with Gasteiger partial charge in [-0.15, -0.1) is 0 Å². The van der Waals surface area contributed by atoms with Gasteiger partial charge < -0.3 is 10.4 Å². The van der Waals surface area contributed by atoms with Gasteiger partial charge in [0, 0.05) is 19.2 Å². The van der Waals surface area contributed by atoms with Gasteiger partial charge in [0.2, 0.25) is 0 Å². The summed E-state index contributed by atoms with van der Waals surface area (Å²) in [5.41, 5.74) is 2.57. The lowest BCUT2D eigenvalue weighted by molar-refractivity contribution is -0.131. The monoisotopic (exact) mass is 247 g/mol. The molecule has 3 nitrogen and oxygen atoms in total. The maximum absolute atomic E-state index is 10.2. The third kappa shape index (κ3) is 6.21. The molecule has 0 aromatic heterocycles. The summed E-state index contributed by atoms with van der Waals surface area (Å²) in [5.74, 6) is -0.232. The number of nitrogens with one attached hydrogen (secondary N) is 1. The van der Waals surface area contributed by atoms with Crippen molar-refractivity contribution >= 4 is 5.97 Å². The minimum absolute atomic E-state index is 0.569. The van der Waals surface area contributed by atoms with Crippen LogP contribution in [-0.2, 0) is 17.8 Å². The van der Waals surface area contributed by atoms with Crippen molar-refractivity contribution in [3.05, 3.63) is 47.5 Å². The predicted molar refractivity (Wildman–Crippen MR) is 73.5 cm³/mol. The summed E-state index contributed by atoms with van der Waals surface area (Å²) in [6.45, 7) is 5.75. The van der Waals surface area contributed by atoms with Crippen LogP contribution >= 0.6 is 0 Å². The lowest BCUT2D eigenvalue weighted by atomic mass is 10.0. The number of rotatable bonds is 7. The second kappa shape index (κ2) is 7.67. The molecule has 18 heavy (non-hydrogen) atoms. The van der Waals surface area contributed by atoms with E-state index in [-0.39, 0.29) is 0 Å². The van der Waals surface area contributed by atoms with Crippen LogP contribution in [0.1, 0.15) is 25.0 Å². The van der Waals surface area contributed by atoms with Crippen LogP contribution < -0.4 is 5.32 Å². The highest BCUT2D eigenvalue weighted by molar-refractivity contribution is 5.79. The van der Waals surface area contributed by atoms with Crippen LogP contribution in [0.4, 0.5) is 0 Å². The maximum atomic E-state index is 10.2. The Labute approximate surface area is 109 Å². The second-order valence-corrected chi connectivity index (χ2v) is 4.79. The fourth-order valence-electron chi connectivity index (χ4n) is 1.72. The normalized spacial score (nSPS) is 11.3. The van der Waals surface area contributed by atoms with E-state index in [1.807, 2.05) is 0 Å². The third-order valence-corrected chi connectivity index (χ3v) is 2.52. The van der Waals surface area contributed by atoms with E-state index in [9.17, 15) is 4.79 Å². The molecule has 0 aliphatic heterocycles. The van der Waals surface area contributed by atoms with Crippen molar-refractivity contribution < 1.29 is 9.90 Å². The Balaban J connectivity index is 2.33. The van der Waals surface area contributed by atoms with Crippen LogP contribution in [0.2, 0.25) is 0 Å². The molecule has 0 bridgehead atoms. The highest BCUT2D eigenvalue weighted by Crippen LogP contribution is 2.09. The molecule has 0 saturated carbocycles. The lowest BCUT2D eigenvalue weighted by Gasteiger charge is -2.06. The van der Waals surface area contributed by atoms with E-state index in [2.05, 4.69) is 43.4 Å². The average molecular weight is 247 g/mol. The van der Waals surface area contributed by atoms with E-state index in [1.165, 1.54) is 11.1 Å². The van der Waals surface area contributed by atoms with Crippen LogP contribution in [0.5, 0.6) is 0 Å². The Morgan fingerprint density at radius 2 is 1.89 bits per heavy atom. The van der Waals surface area contributed by atoms with E-state index in [1.54, 1.807) is 6.08 Å². The average Bonchev–Trinajstić information content (AvgIpc) is 2.30. The molecule has 1 aromatic rings. The van der Waals surface area contributed by atoms with Crippen molar-refractivity contribution in [2.45, 2.75) is 26.8 Å². The first kappa shape index (κ1) is 14.5. The van der Waals surface area contributed by atoms with Crippen LogP contribution in [0.25, 0.3) is 0 Å². The zero-order valence-corrected chi connectivity index (χ0v) is 11.0. The van der Waals surface area contributed by atoms with Crippen molar-refractivity contribution in [1.82, 2.24) is 5.32 Å². The zero-order chi connectivity index (χ0) is 13.4. The standard InChI is InChI=1S/C15H21NO2/c1-12(2)10-13-5-7-14(8-6-13)11-16-9-3-4-15(17)18/h3-8,12,16H,9-11H2,1-2H3,(H,17,18)/b4-3+. The molecule has 0 fully saturated rings. The SMILES string of the molecule is CC(C)Cc1ccc(CNC/C=C/C(=O)O)cc1. The molecular weight excluding hydrogens is 226 g/mol. The highest BCUT2D eigenvalue weighted by Gasteiger charge is 1.98. The van der Waals surface area contributed by atoms with Gasteiger partial charge in [-0.3, -0.25) is 0 Å². The summed E-state index contributed by atoms with van der Waals surface area (Å²) in [5, 5.41) is 11.6. The first-order chi connectivity index (χ1) is 8.58. The molecule has 0 spiro atoms. The van der Waals surface area contributed by atoms with Crippen LogP contribution in [0.3, 0.4) is 0 Å². The number of carboxylic acid groups (broad SMARTS) is 1. The molecule has 0 saturated heterocycles. The summed E-state index contributed by atoms with van der Waals surface area (Å²) in [7, 11) is 0.